The van der Waals surface area contributed by atoms with Crippen LogP contribution in [0.2, 0.25) is 0 Å². The molecule has 0 aliphatic heterocycles. The van der Waals surface area contributed by atoms with Gasteiger partial charge in [0.1, 0.15) is 0 Å². The Morgan fingerprint density at radius 1 is 0.739 bits per heavy atom. The minimum absolute atomic E-state index is 0.839. The molecule has 0 aromatic heterocycles. The topological polar surface area (TPSA) is 0 Å². The quantitative estimate of drug-likeness (QED) is 0.389. The van der Waals surface area contributed by atoms with E-state index in [2.05, 4.69) is 38.1 Å². The summed E-state index contributed by atoms with van der Waals surface area (Å²) in [5, 5.41) is 0. The van der Waals surface area contributed by atoms with Gasteiger partial charge in [0.05, 0.1) is 0 Å². The molecule has 1 aromatic rings. The van der Waals surface area contributed by atoms with Crippen molar-refractivity contribution in [3.8, 4) is 0 Å². The molecule has 1 saturated carbocycles. The lowest BCUT2D eigenvalue weighted by Gasteiger charge is -2.28. The van der Waals surface area contributed by atoms with Gasteiger partial charge < -0.3 is 0 Å². The minimum Gasteiger partial charge on any atom is -0.0654 e. The normalized spacial score (nSPS) is 21.5. The van der Waals surface area contributed by atoms with Crippen LogP contribution in [-0.4, -0.2) is 0 Å². The summed E-state index contributed by atoms with van der Waals surface area (Å²) in [6.45, 7) is 4.62. The number of aryl methyl sites for hydroxylation is 1. The Kier molecular flexibility index (Phi) is 8.79. The van der Waals surface area contributed by atoms with Crippen LogP contribution in [0.25, 0.3) is 0 Å². The lowest BCUT2D eigenvalue weighted by Crippen LogP contribution is -2.13. The van der Waals surface area contributed by atoms with Crippen LogP contribution in [0.1, 0.15) is 108 Å². The monoisotopic (exact) mass is 314 g/mol. The van der Waals surface area contributed by atoms with Gasteiger partial charge >= 0.3 is 0 Å². The van der Waals surface area contributed by atoms with Crippen LogP contribution in [0.5, 0.6) is 0 Å². The van der Waals surface area contributed by atoms with Crippen LogP contribution < -0.4 is 0 Å². The maximum absolute atomic E-state index is 2.43. The predicted molar refractivity (Wildman–Crippen MR) is 103 cm³/mol. The Morgan fingerprint density at radius 3 is 2.04 bits per heavy atom. The van der Waals surface area contributed by atoms with Crippen LogP contribution in [0, 0.1) is 5.92 Å². The van der Waals surface area contributed by atoms with Crippen molar-refractivity contribution < 1.29 is 0 Å². The molecule has 1 fully saturated rings. The van der Waals surface area contributed by atoms with Crippen molar-refractivity contribution in [2.24, 2.45) is 5.92 Å². The zero-order valence-corrected chi connectivity index (χ0v) is 15.7. The highest BCUT2D eigenvalue weighted by Gasteiger charge is 2.21. The van der Waals surface area contributed by atoms with Crippen molar-refractivity contribution in [2.45, 2.75) is 103 Å². The number of hydrogen-bond acceptors (Lipinski definition) is 0. The van der Waals surface area contributed by atoms with E-state index in [-0.39, 0.29) is 0 Å². The average molecular weight is 315 g/mol. The second-order valence-corrected chi connectivity index (χ2v) is 7.77. The molecule has 0 radical (unpaired) electrons. The summed E-state index contributed by atoms with van der Waals surface area (Å²) >= 11 is 0. The van der Waals surface area contributed by atoms with Gasteiger partial charge in [0.2, 0.25) is 0 Å². The Morgan fingerprint density at radius 2 is 1.39 bits per heavy atom. The van der Waals surface area contributed by atoms with Crippen molar-refractivity contribution in [1.82, 2.24) is 0 Å². The minimum atomic E-state index is 0.839. The SMILES string of the molecule is CCCCCCCCc1ccc(C2CCC(CCC)CC2)cc1. The van der Waals surface area contributed by atoms with E-state index >= 15 is 0 Å². The predicted octanol–water partition coefficient (Wildman–Crippen LogP) is 7.66. The third kappa shape index (κ3) is 6.69. The molecule has 0 bridgehead atoms. The van der Waals surface area contributed by atoms with Gasteiger partial charge in [0, 0.05) is 0 Å². The molecule has 0 spiro atoms. The zero-order chi connectivity index (χ0) is 16.3. The highest BCUT2D eigenvalue weighted by molar-refractivity contribution is 5.25. The molecule has 0 heterocycles. The Bertz CT molecular complexity index is 395. The second kappa shape index (κ2) is 10.9. The highest BCUT2D eigenvalue weighted by atomic mass is 14.3. The first-order valence-corrected chi connectivity index (χ1v) is 10.4. The van der Waals surface area contributed by atoms with E-state index in [0.29, 0.717) is 0 Å². The maximum atomic E-state index is 2.43. The number of unbranched alkanes of at least 4 members (excludes halogenated alkanes) is 5. The molecule has 1 aromatic carbocycles. The van der Waals surface area contributed by atoms with Crippen LogP contribution in [0.15, 0.2) is 24.3 Å². The summed E-state index contributed by atoms with van der Waals surface area (Å²) in [6.07, 6.45) is 18.2. The smallest absolute Gasteiger partial charge is 0.0162 e. The molecule has 0 saturated heterocycles. The van der Waals surface area contributed by atoms with Crippen molar-refractivity contribution in [2.75, 3.05) is 0 Å². The fourth-order valence-corrected chi connectivity index (χ4v) is 4.26. The van der Waals surface area contributed by atoms with Gasteiger partial charge in [-0.25, -0.2) is 0 Å². The van der Waals surface area contributed by atoms with Gasteiger partial charge in [-0.3, -0.25) is 0 Å². The summed E-state index contributed by atoms with van der Waals surface area (Å²) < 4.78 is 0. The third-order valence-electron chi connectivity index (χ3n) is 5.81. The fourth-order valence-electron chi connectivity index (χ4n) is 4.26. The summed E-state index contributed by atoms with van der Waals surface area (Å²) in [6, 6.07) is 9.66. The van der Waals surface area contributed by atoms with E-state index in [0.717, 1.165) is 11.8 Å². The van der Waals surface area contributed by atoms with Crippen molar-refractivity contribution in [3.63, 3.8) is 0 Å². The Balaban J connectivity index is 1.68. The molecular formula is C23H38. The first-order chi connectivity index (χ1) is 11.3. The molecule has 23 heavy (non-hydrogen) atoms. The van der Waals surface area contributed by atoms with Gasteiger partial charge in [-0.1, -0.05) is 83.1 Å². The van der Waals surface area contributed by atoms with Crippen molar-refractivity contribution in [3.05, 3.63) is 35.4 Å². The molecule has 0 heteroatoms. The summed E-state index contributed by atoms with van der Waals surface area (Å²) in [5.74, 6) is 1.86. The first kappa shape index (κ1) is 18.6. The summed E-state index contributed by atoms with van der Waals surface area (Å²) in [7, 11) is 0. The van der Waals surface area contributed by atoms with Crippen LogP contribution in [-0.2, 0) is 6.42 Å². The Labute approximate surface area is 145 Å². The van der Waals surface area contributed by atoms with E-state index < -0.39 is 0 Å². The molecule has 0 unspecified atom stereocenters. The van der Waals surface area contributed by atoms with Gasteiger partial charge in [0.25, 0.3) is 0 Å². The van der Waals surface area contributed by atoms with Crippen LogP contribution >= 0.6 is 0 Å². The van der Waals surface area contributed by atoms with E-state index in [1.165, 1.54) is 83.5 Å². The first-order valence-electron chi connectivity index (χ1n) is 10.4. The number of rotatable bonds is 10. The van der Waals surface area contributed by atoms with Crippen LogP contribution in [0.4, 0.5) is 0 Å². The molecule has 0 atom stereocenters. The highest BCUT2D eigenvalue weighted by Crippen LogP contribution is 2.37. The summed E-state index contributed by atoms with van der Waals surface area (Å²) in [5.41, 5.74) is 3.15. The Hall–Kier alpha value is -0.780. The molecule has 0 nitrogen and oxygen atoms in total. The second-order valence-electron chi connectivity index (χ2n) is 7.77. The van der Waals surface area contributed by atoms with Gasteiger partial charge in [-0.2, -0.15) is 0 Å². The molecular weight excluding hydrogens is 276 g/mol. The van der Waals surface area contributed by atoms with Crippen molar-refractivity contribution >= 4 is 0 Å². The maximum Gasteiger partial charge on any atom is -0.0162 e. The van der Waals surface area contributed by atoms with E-state index in [9.17, 15) is 0 Å². The van der Waals surface area contributed by atoms with Crippen LogP contribution in [0.3, 0.4) is 0 Å². The third-order valence-corrected chi connectivity index (χ3v) is 5.81. The number of hydrogen-bond donors (Lipinski definition) is 0. The summed E-state index contributed by atoms with van der Waals surface area (Å²) in [4.78, 5) is 0. The van der Waals surface area contributed by atoms with Crippen molar-refractivity contribution in [1.29, 1.82) is 0 Å². The lowest BCUT2D eigenvalue weighted by atomic mass is 9.77. The van der Waals surface area contributed by atoms with E-state index in [1.54, 1.807) is 11.1 Å². The molecule has 1 aliphatic rings. The zero-order valence-electron chi connectivity index (χ0n) is 15.7. The van der Waals surface area contributed by atoms with E-state index in [4.69, 9.17) is 0 Å². The van der Waals surface area contributed by atoms with Gasteiger partial charge in [-0.05, 0) is 61.5 Å². The van der Waals surface area contributed by atoms with Gasteiger partial charge in [0.15, 0.2) is 0 Å². The number of benzene rings is 1. The molecule has 130 valence electrons. The average Bonchev–Trinajstić information content (AvgIpc) is 2.60. The van der Waals surface area contributed by atoms with E-state index in [1.807, 2.05) is 0 Å². The standard InChI is InChI=1S/C23H38/c1-3-5-6-7-8-9-11-21-14-18-23(19-15-21)22-16-12-20(10-4-2)13-17-22/h14-15,18-20,22H,3-13,16-17H2,1-2H3. The largest absolute Gasteiger partial charge is 0.0654 e. The molecule has 0 amide bonds. The van der Waals surface area contributed by atoms with Gasteiger partial charge in [-0.15, -0.1) is 0 Å². The fraction of sp³-hybridized carbons (Fsp3) is 0.739. The molecule has 1 aliphatic carbocycles. The lowest BCUT2D eigenvalue weighted by molar-refractivity contribution is 0.308. The molecule has 0 N–H and O–H groups in total. The molecule has 2 rings (SSSR count).